The maximum Gasteiger partial charge on any atom is 0.240 e. The average Bonchev–Trinajstić information content (AvgIpc) is 2.75. The van der Waals surface area contributed by atoms with Gasteiger partial charge in [0.25, 0.3) is 0 Å². The number of nitrogens with two attached hydrogens (primary N) is 1. The third kappa shape index (κ3) is 4.36. The van der Waals surface area contributed by atoms with Crippen molar-refractivity contribution in [1.82, 2.24) is 15.2 Å². The summed E-state index contributed by atoms with van der Waals surface area (Å²) in [7, 11) is 0. The molecule has 3 N–H and O–H groups in total. The summed E-state index contributed by atoms with van der Waals surface area (Å²) in [6.45, 7) is 9.82. The zero-order chi connectivity index (χ0) is 13.5. The van der Waals surface area contributed by atoms with Crippen molar-refractivity contribution in [3.05, 3.63) is 16.1 Å². The number of rotatable bonds is 8. The lowest BCUT2D eigenvalue weighted by Crippen LogP contribution is -2.39. The van der Waals surface area contributed by atoms with Crippen LogP contribution in [0.1, 0.15) is 30.6 Å². The van der Waals surface area contributed by atoms with Crippen molar-refractivity contribution in [1.29, 1.82) is 0 Å². The van der Waals surface area contributed by atoms with Crippen molar-refractivity contribution < 1.29 is 4.79 Å². The van der Waals surface area contributed by atoms with E-state index in [-0.39, 0.29) is 5.91 Å². The number of amides is 1. The Kier molecular flexibility index (Phi) is 6.24. The molecule has 18 heavy (non-hydrogen) atoms. The molecule has 1 aromatic rings. The number of aryl methyl sites for hydroxylation is 1. The first kappa shape index (κ1) is 15.1. The monoisotopic (exact) mass is 270 g/mol. The molecule has 0 aromatic carbocycles. The molecule has 0 aliphatic rings. The van der Waals surface area contributed by atoms with Gasteiger partial charge < -0.3 is 10.6 Å². The van der Waals surface area contributed by atoms with Gasteiger partial charge in [-0.15, -0.1) is 11.3 Å². The number of hydrogen-bond acceptors (Lipinski definition) is 5. The highest BCUT2D eigenvalue weighted by atomic mass is 32.1. The Bertz CT molecular complexity index is 376. The number of carbonyl (C=O) groups is 1. The molecule has 0 spiro atoms. The molecule has 1 unspecified atom stereocenters. The van der Waals surface area contributed by atoms with Crippen LogP contribution in [0.15, 0.2) is 5.38 Å². The molecule has 1 amide bonds. The highest BCUT2D eigenvalue weighted by Crippen LogP contribution is 2.15. The summed E-state index contributed by atoms with van der Waals surface area (Å²) in [6.07, 6.45) is 0. The van der Waals surface area contributed by atoms with Gasteiger partial charge in [-0.2, -0.15) is 0 Å². The molecule has 1 aromatic heterocycles. The second kappa shape index (κ2) is 7.45. The van der Waals surface area contributed by atoms with Crippen molar-refractivity contribution in [2.75, 3.05) is 26.2 Å². The molecule has 0 saturated heterocycles. The number of aromatic nitrogens is 1. The van der Waals surface area contributed by atoms with Crippen LogP contribution in [0, 0.1) is 6.92 Å². The largest absolute Gasteiger partial charge is 0.368 e. The molecular formula is C12H22N4OS. The van der Waals surface area contributed by atoms with E-state index in [1.54, 1.807) is 0 Å². The van der Waals surface area contributed by atoms with Crippen LogP contribution < -0.4 is 11.1 Å². The number of hydrogen-bond donors (Lipinski definition) is 2. The van der Waals surface area contributed by atoms with Crippen LogP contribution in [0.2, 0.25) is 0 Å². The fraction of sp³-hybridized carbons (Fsp3) is 0.667. The molecule has 0 saturated carbocycles. The van der Waals surface area contributed by atoms with Crippen LogP contribution in [0.5, 0.6) is 0 Å². The first-order chi connectivity index (χ1) is 8.58. The molecule has 0 bridgehead atoms. The number of nitrogens with one attached hydrogen (secondary N) is 1. The van der Waals surface area contributed by atoms with E-state index in [0.29, 0.717) is 0 Å². The molecule has 1 rings (SSSR count). The molecule has 6 heteroatoms. The third-order valence-electron chi connectivity index (χ3n) is 2.89. The fourth-order valence-electron chi connectivity index (χ4n) is 1.77. The Balaban J connectivity index is 2.52. The quantitative estimate of drug-likeness (QED) is 0.736. The van der Waals surface area contributed by atoms with E-state index in [2.05, 4.69) is 29.0 Å². The highest BCUT2D eigenvalue weighted by molar-refractivity contribution is 7.09. The summed E-state index contributed by atoms with van der Waals surface area (Å²) in [5, 5.41) is 6.01. The molecular weight excluding hydrogens is 248 g/mol. The first-order valence-electron chi connectivity index (χ1n) is 6.25. The minimum absolute atomic E-state index is 0.375. The predicted octanol–water partition coefficient (Wildman–Crippen LogP) is 0.909. The second-order valence-electron chi connectivity index (χ2n) is 4.11. The van der Waals surface area contributed by atoms with Gasteiger partial charge >= 0.3 is 0 Å². The minimum atomic E-state index is -0.481. The summed E-state index contributed by atoms with van der Waals surface area (Å²) in [6, 6.07) is -0.481. The van der Waals surface area contributed by atoms with E-state index in [4.69, 9.17) is 5.73 Å². The van der Waals surface area contributed by atoms with Crippen LogP contribution in [-0.4, -0.2) is 42.0 Å². The fourth-order valence-corrected chi connectivity index (χ4v) is 2.41. The predicted molar refractivity (Wildman–Crippen MR) is 74.6 cm³/mol. The number of nitrogens with zero attached hydrogens (tertiary/aromatic N) is 2. The molecule has 5 nitrogen and oxygen atoms in total. The van der Waals surface area contributed by atoms with Crippen molar-refractivity contribution in [3.8, 4) is 0 Å². The minimum Gasteiger partial charge on any atom is -0.368 e. The van der Waals surface area contributed by atoms with Gasteiger partial charge in [0.2, 0.25) is 5.91 Å². The summed E-state index contributed by atoms with van der Waals surface area (Å²) in [5.41, 5.74) is 6.14. The molecule has 0 aliphatic carbocycles. The summed E-state index contributed by atoms with van der Waals surface area (Å²) in [4.78, 5) is 18.0. The smallest absolute Gasteiger partial charge is 0.240 e. The lowest BCUT2D eigenvalue weighted by atomic mass is 10.2. The highest BCUT2D eigenvalue weighted by Gasteiger charge is 2.19. The zero-order valence-corrected chi connectivity index (χ0v) is 12.1. The van der Waals surface area contributed by atoms with Crippen LogP contribution in [0.25, 0.3) is 0 Å². The Labute approximate surface area is 112 Å². The van der Waals surface area contributed by atoms with Gasteiger partial charge in [0, 0.05) is 18.5 Å². The lowest BCUT2D eigenvalue weighted by Gasteiger charge is -2.20. The van der Waals surface area contributed by atoms with Crippen molar-refractivity contribution in [2.45, 2.75) is 26.8 Å². The van der Waals surface area contributed by atoms with Gasteiger partial charge in [0.1, 0.15) is 6.04 Å². The first-order valence-corrected chi connectivity index (χ1v) is 7.13. The maximum absolute atomic E-state index is 11.4. The van der Waals surface area contributed by atoms with Gasteiger partial charge in [-0.3, -0.25) is 10.1 Å². The Hall–Kier alpha value is -0.980. The van der Waals surface area contributed by atoms with Gasteiger partial charge in [-0.25, -0.2) is 4.98 Å². The van der Waals surface area contributed by atoms with E-state index in [0.717, 1.165) is 36.9 Å². The molecule has 0 radical (unpaired) electrons. The van der Waals surface area contributed by atoms with E-state index >= 15 is 0 Å². The van der Waals surface area contributed by atoms with Crippen molar-refractivity contribution in [2.24, 2.45) is 5.73 Å². The molecule has 102 valence electrons. The molecule has 1 atom stereocenters. The van der Waals surface area contributed by atoms with E-state index in [1.165, 1.54) is 11.3 Å². The number of primary amides is 1. The topological polar surface area (TPSA) is 71.2 Å². The van der Waals surface area contributed by atoms with Crippen molar-refractivity contribution >= 4 is 17.2 Å². The van der Waals surface area contributed by atoms with Gasteiger partial charge in [0.05, 0.1) is 10.7 Å². The second-order valence-corrected chi connectivity index (χ2v) is 5.17. The Morgan fingerprint density at radius 1 is 1.56 bits per heavy atom. The standard InChI is InChI=1S/C12H22N4OS/c1-4-16(5-2)7-6-14-11(12(13)17)10-8-18-9(3)15-10/h8,11,14H,4-7H2,1-3H3,(H2,13,17). The molecule has 1 heterocycles. The third-order valence-corrected chi connectivity index (χ3v) is 3.68. The van der Waals surface area contributed by atoms with E-state index in [1.807, 2.05) is 12.3 Å². The zero-order valence-electron chi connectivity index (χ0n) is 11.3. The number of carbonyl (C=O) groups excluding carboxylic acids is 1. The molecule has 0 fully saturated rings. The summed E-state index contributed by atoms with van der Waals surface area (Å²) >= 11 is 1.53. The van der Waals surface area contributed by atoms with Gasteiger partial charge in [-0.1, -0.05) is 13.8 Å². The average molecular weight is 270 g/mol. The lowest BCUT2D eigenvalue weighted by molar-refractivity contribution is -0.120. The van der Waals surface area contributed by atoms with Gasteiger partial charge in [-0.05, 0) is 20.0 Å². The van der Waals surface area contributed by atoms with Crippen LogP contribution in [-0.2, 0) is 4.79 Å². The van der Waals surface area contributed by atoms with E-state index < -0.39 is 6.04 Å². The SMILES string of the molecule is CCN(CC)CCNC(C(N)=O)c1csc(C)n1. The van der Waals surface area contributed by atoms with E-state index in [9.17, 15) is 4.79 Å². The normalized spacial score (nSPS) is 12.9. The summed E-state index contributed by atoms with van der Waals surface area (Å²) in [5.74, 6) is -0.375. The Morgan fingerprint density at radius 3 is 2.67 bits per heavy atom. The van der Waals surface area contributed by atoms with Crippen LogP contribution in [0.4, 0.5) is 0 Å². The Morgan fingerprint density at radius 2 is 2.22 bits per heavy atom. The van der Waals surface area contributed by atoms with Crippen LogP contribution in [0.3, 0.4) is 0 Å². The summed E-state index contributed by atoms with van der Waals surface area (Å²) < 4.78 is 0. The van der Waals surface area contributed by atoms with Crippen LogP contribution >= 0.6 is 11.3 Å². The number of thiazole rings is 1. The maximum atomic E-state index is 11.4. The van der Waals surface area contributed by atoms with Gasteiger partial charge in [0.15, 0.2) is 0 Å². The van der Waals surface area contributed by atoms with Crippen molar-refractivity contribution in [3.63, 3.8) is 0 Å². The number of likely N-dealkylation sites (N-methyl/N-ethyl adjacent to an activating group) is 1. The molecule has 0 aliphatic heterocycles.